The molecule has 1 heterocycles. The minimum absolute atomic E-state index is 0.124. The van der Waals surface area contributed by atoms with Crippen LogP contribution in [0.4, 0.5) is 4.79 Å². The molecule has 2 atom stereocenters. The zero-order valence-electron chi connectivity index (χ0n) is 30.6. The highest BCUT2D eigenvalue weighted by Crippen LogP contribution is 2.40. The number of hydrogen-bond donors (Lipinski definition) is 1. The fourth-order valence-corrected chi connectivity index (χ4v) is 6.27. The number of rotatable bonds is 14. The monoisotopic (exact) mass is 686 g/mol. The lowest BCUT2D eigenvalue weighted by atomic mass is 9.84. The van der Waals surface area contributed by atoms with Gasteiger partial charge in [0.25, 0.3) is 5.91 Å². The van der Waals surface area contributed by atoms with Gasteiger partial charge in [-0.15, -0.1) is 0 Å². The topological polar surface area (TPSA) is 85.7 Å². The molecule has 5 aromatic rings. The SMILES string of the molecule is CC[C@@H](CN(C(=O)c1ccccc1)[C@@H](c1nc(-c2ccccc2)cn1Cc1ccccc1)C(C)(C)C)OC(C)(C)NC(=O)OCc1ccccc1. The summed E-state index contributed by atoms with van der Waals surface area (Å²) in [6.45, 7) is 13.0. The summed E-state index contributed by atoms with van der Waals surface area (Å²) in [5.41, 5.74) is 2.91. The number of imidazole rings is 1. The van der Waals surface area contributed by atoms with E-state index in [4.69, 9.17) is 14.5 Å². The molecule has 51 heavy (non-hydrogen) atoms. The molecule has 0 aliphatic heterocycles. The first-order valence-electron chi connectivity index (χ1n) is 17.6. The van der Waals surface area contributed by atoms with Crippen LogP contribution in [-0.4, -0.2) is 44.8 Å². The summed E-state index contributed by atoms with van der Waals surface area (Å²) < 4.78 is 14.3. The zero-order chi connectivity index (χ0) is 36.4. The first-order chi connectivity index (χ1) is 24.4. The van der Waals surface area contributed by atoms with Crippen LogP contribution in [0.25, 0.3) is 11.3 Å². The van der Waals surface area contributed by atoms with Crippen LogP contribution >= 0.6 is 0 Å². The van der Waals surface area contributed by atoms with Crippen molar-refractivity contribution >= 4 is 12.0 Å². The van der Waals surface area contributed by atoms with Crippen molar-refractivity contribution in [1.82, 2.24) is 19.8 Å². The molecule has 0 aliphatic carbocycles. The number of aromatic nitrogens is 2. The second-order valence-electron chi connectivity index (χ2n) is 14.4. The maximum absolute atomic E-state index is 14.7. The van der Waals surface area contributed by atoms with Gasteiger partial charge < -0.3 is 18.9 Å². The Morgan fingerprint density at radius 1 is 0.784 bits per heavy atom. The largest absolute Gasteiger partial charge is 0.445 e. The second-order valence-corrected chi connectivity index (χ2v) is 14.4. The van der Waals surface area contributed by atoms with Gasteiger partial charge in [-0.1, -0.05) is 137 Å². The Bertz CT molecular complexity index is 1840. The van der Waals surface area contributed by atoms with E-state index in [0.717, 1.165) is 28.2 Å². The number of nitrogens with zero attached hydrogens (tertiary/aromatic N) is 3. The molecule has 4 aromatic carbocycles. The second kappa shape index (κ2) is 16.7. The van der Waals surface area contributed by atoms with E-state index in [1.165, 1.54) is 0 Å². The third-order valence-corrected chi connectivity index (χ3v) is 8.66. The van der Waals surface area contributed by atoms with Gasteiger partial charge >= 0.3 is 6.09 Å². The van der Waals surface area contributed by atoms with Gasteiger partial charge in [-0.05, 0) is 48.9 Å². The van der Waals surface area contributed by atoms with Gasteiger partial charge in [0, 0.05) is 30.4 Å². The van der Waals surface area contributed by atoms with Gasteiger partial charge in [0.15, 0.2) is 0 Å². The molecule has 0 saturated heterocycles. The molecule has 0 saturated carbocycles. The number of hydrogen-bond acceptors (Lipinski definition) is 5. The number of nitrogens with one attached hydrogen (secondary N) is 1. The van der Waals surface area contributed by atoms with Crippen LogP contribution in [-0.2, 0) is 22.6 Å². The van der Waals surface area contributed by atoms with Gasteiger partial charge in [0.05, 0.1) is 17.8 Å². The molecule has 0 radical (unpaired) electrons. The lowest BCUT2D eigenvalue weighted by Crippen LogP contribution is -2.51. The highest BCUT2D eigenvalue weighted by Gasteiger charge is 2.40. The molecule has 1 aromatic heterocycles. The van der Waals surface area contributed by atoms with Gasteiger partial charge in [-0.2, -0.15) is 0 Å². The maximum Gasteiger partial charge on any atom is 0.409 e. The zero-order valence-corrected chi connectivity index (χ0v) is 30.6. The van der Waals surface area contributed by atoms with Crippen molar-refractivity contribution < 1.29 is 19.1 Å². The Balaban J connectivity index is 1.50. The van der Waals surface area contributed by atoms with E-state index in [-0.39, 0.29) is 19.1 Å². The number of carbonyl (C=O) groups is 2. The van der Waals surface area contributed by atoms with Crippen molar-refractivity contribution in [3.05, 3.63) is 150 Å². The quantitative estimate of drug-likeness (QED) is 0.118. The summed E-state index contributed by atoms with van der Waals surface area (Å²) >= 11 is 0. The minimum atomic E-state index is -1.08. The van der Waals surface area contributed by atoms with Crippen molar-refractivity contribution in [3.63, 3.8) is 0 Å². The Kier molecular flexibility index (Phi) is 12.1. The molecule has 1 N–H and O–H groups in total. The molecule has 0 spiro atoms. The summed E-state index contributed by atoms with van der Waals surface area (Å²) in [5, 5.41) is 2.87. The molecule has 0 aliphatic rings. The van der Waals surface area contributed by atoms with Crippen LogP contribution in [0.2, 0.25) is 0 Å². The highest BCUT2D eigenvalue weighted by molar-refractivity contribution is 5.94. The van der Waals surface area contributed by atoms with E-state index >= 15 is 0 Å². The van der Waals surface area contributed by atoms with E-state index in [1.807, 2.05) is 109 Å². The predicted octanol–water partition coefficient (Wildman–Crippen LogP) is 9.29. The molecule has 0 unspecified atom stereocenters. The fourth-order valence-electron chi connectivity index (χ4n) is 6.27. The molecule has 0 fully saturated rings. The molecular formula is C43H50N4O4. The van der Waals surface area contributed by atoms with Gasteiger partial charge in [-0.25, -0.2) is 9.78 Å². The van der Waals surface area contributed by atoms with Crippen molar-refractivity contribution in [3.8, 4) is 11.3 Å². The standard InChI is InChI=1S/C43H50N4O4/c1-7-36(51-43(5,6)45-41(49)50-31-33-22-14-9-15-23-33)29-47(40(48)35-26-18-11-19-27-35)38(42(2,3)4)39-44-37(34-24-16-10-17-25-34)30-46(39)28-32-20-12-8-13-21-32/h8-27,30,36,38H,7,28-29,31H2,1-6H3,(H,45,49)/t36-,38-/m0/s1. The molecule has 8 heteroatoms. The summed E-state index contributed by atoms with van der Waals surface area (Å²) in [6.07, 6.45) is 1.66. The highest BCUT2D eigenvalue weighted by atomic mass is 16.6. The van der Waals surface area contributed by atoms with Crippen molar-refractivity contribution in [1.29, 1.82) is 0 Å². The van der Waals surface area contributed by atoms with Crippen molar-refractivity contribution in [2.75, 3.05) is 6.54 Å². The number of benzene rings is 4. The minimum Gasteiger partial charge on any atom is -0.445 e. The van der Waals surface area contributed by atoms with E-state index in [0.29, 0.717) is 18.5 Å². The first kappa shape index (κ1) is 37.1. The van der Waals surface area contributed by atoms with E-state index in [2.05, 4.69) is 61.1 Å². The summed E-state index contributed by atoms with van der Waals surface area (Å²) in [6, 6.07) is 38.8. The van der Waals surface area contributed by atoms with Gasteiger partial charge in [0.1, 0.15) is 18.2 Å². The van der Waals surface area contributed by atoms with Crippen molar-refractivity contribution in [2.45, 2.75) is 79.0 Å². The summed E-state index contributed by atoms with van der Waals surface area (Å²) in [5.74, 6) is 0.660. The lowest BCUT2D eigenvalue weighted by molar-refractivity contribution is -0.102. The average molecular weight is 687 g/mol. The Labute approximate surface area is 302 Å². The van der Waals surface area contributed by atoms with E-state index < -0.39 is 29.4 Å². The van der Waals surface area contributed by atoms with Crippen LogP contribution in [0.5, 0.6) is 0 Å². The number of ether oxygens (including phenoxy) is 2. The molecular weight excluding hydrogens is 636 g/mol. The van der Waals surface area contributed by atoms with Gasteiger partial charge in [0.2, 0.25) is 0 Å². The normalized spacial score (nSPS) is 12.9. The van der Waals surface area contributed by atoms with E-state index in [1.54, 1.807) is 13.8 Å². The fraction of sp³-hybridized carbons (Fsp3) is 0.326. The summed E-state index contributed by atoms with van der Waals surface area (Å²) in [4.78, 5) is 34.8. The third kappa shape index (κ3) is 10.2. The van der Waals surface area contributed by atoms with Crippen LogP contribution in [0, 0.1) is 5.41 Å². The smallest absolute Gasteiger partial charge is 0.409 e. The van der Waals surface area contributed by atoms with Crippen molar-refractivity contribution in [2.24, 2.45) is 5.41 Å². The van der Waals surface area contributed by atoms with Crippen LogP contribution in [0.1, 0.15) is 81.3 Å². The maximum atomic E-state index is 14.7. The third-order valence-electron chi connectivity index (χ3n) is 8.66. The van der Waals surface area contributed by atoms with Crippen LogP contribution in [0.3, 0.4) is 0 Å². The molecule has 8 nitrogen and oxygen atoms in total. The molecule has 5 rings (SSSR count). The number of carbonyl (C=O) groups excluding carboxylic acids is 2. The molecule has 266 valence electrons. The Morgan fingerprint density at radius 3 is 1.90 bits per heavy atom. The molecule has 2 amide bonds. The van der Waals surface area contributed by atoms with Crippen LogP contribution < -0.4 is 5.32 Å². The first-order valence-corrected chi connectivity index (χ1v) is 17.6. The van der Waals surface area contributed by atoms with Crippen LogP contribution in [0.15, 0.2) is 128 Å². The predicted molar refractivity (Wildman–Crippen MR) is 202 cm³/mol. The van der Waals surface area contributed by atoms with E-state index in [9.17, 15) is 9.59 Å². The molecule has 0 bridgehead atoms. The number of amides is 2. The lowest BCUT2D eigenvalue weighted by Gasteiger charge is -2.42. The Hall–Kier alpha value is -5.21. The average Bonchev–Trinajstić information content (AvgIpc) is 3.53. The Morgan fingerprint density at radius 2 is 1.33 bits per heavy atom. The number of alkyl carbamates (subject to hydrolysis) is 1. The van der Waals surface area contributed by atoms with Gasteiger partial charge in [-0.3, -0.25) is 10.1 Å². The summed E-state index contributed by atoms with van der Waals surface area (Å²) in [7, 11) is 0.